The van der Waals surface area contributed by atoms with E-state index in [9.17, 15) is 0 Å². The minimum absolute atomic E-state index is 0.763. The SMILES string of the molecule is CC1CCCC(C)N1.CC1CCCCN1. The Morgan fingerprint density at radius 1 is 0.733 bits per heavy atom. The van der Waals surface area contributed by atoms with Crippen molar-refractivity contribution >= 4 is 0 Å². The van der Waals surface area contributed by atoms with Gasteiger partial charge >= 0.3 is 0 Å². The normalized spacial score (nSPS) is 36.6. The maximum atomic E-state index is 3.48. The van der Waals surface area contributed by atoms with E-state index < -0.39 is 0 Å². The zero-order chi connectivity index (χ0) is 11.1. The molecule has 2 fully saturated rings. The van der Waals surface area contributed by atoms with Gasteiger partial charge in [-0.2, -0.15) is 0 Å². The fourth-order valence-electron chi connectivity index (χ4n) is 2.41. The van der Waals surface area contributed by atoms with Crippen LogP contribution in [-0.4, -0.2) is 24.7 Å². The molecule has 2 rings (SSSR count). The van der Waals surface area contributed by atoms with Crippen molar-refractivity contribution in [3.8, 4) is 0 Å². The van der Waals surface area contributed by atoms with Gasteiger partial charge in [0.05, 0.1) is 0 Å². The Hall–Kier alpha value is -0.0800. The molecule has 0 amide bonds. The Balaban J connectivity index is 0.000000151. The molecule has 0 radical (unpaired) electrons. The highest BCUT2D eigenvalue weighted by atomic mass is 14.9. The number of nitrogens with one attached hydrogen (secondary N) is 2. The zero-order valence-electron chi connectivity index (χ0n) is 10.7. The minimum atomic E-state index is 0.763. The van der Waals surface area contributed by atoms with Crippen LogP contribution in [-0.2, 0) is 0 Å². The van der Waals surface area contributed by atoms with E-state index in [2.05, 4.69) is 31.4 Å². The second kappa shape index (κ2) is 7.24. The molecule has 2 N–H and O–H groups in total. The van der Waals surface area contributed by atoms with Crippen molar-refractivity contribution in [3.63, 3.8) is 0 Å². The van der Waals surface area contributed by atoms with Gasteiger partial charge in [0.2, 0.25) is 0 Å². The number of piperidine rings is 2. The zero-order valence-corrected chi connectivity index (χ0v) is 10.7. The van der Waals surface area contributed by atoms with Crippen molar-refractivity contribution < 1.29 is 0 Å². The predicted octanol–water partition coefficient (Wildman–Crippen LogP) is 2.69. The van der Waals surface area contributed by atoms with Crippen LogP contribution >= 0.6 is 0 Å². The molecule has 3 atom stereocenters. The lowest BCUT2D eigenvalue weighted by atomic mass is 10.0. The second-order valence-corrected chi connectivity index (χ2v) is 5.25. The lowest BCUT2D eigenvalue weighted by Crippen LogP contribution is -2.38. The first-order valence-corrected chi connectivity index (χ1v) is 6.68. The molecule has 2 heteroatoms. The fraction of sp³-hybridized carbons (Fsp3) is 1.00. The van der Waals surface area contributed by atoms with E-state index in [1.165, 1.54) is 45.1 Å². The lowest BCUT2D eigenvalue weighted by molar-refractivity contribution is 0.352. The van der Waals surface area contributed by atoms with E-state index in [1.54, 1.807) is 0 Å². The Morgan fingerprint density at radius 3 is 1.60 bits per heavy atom. The number of hydrogen-bond donors (Lipinski definition) is 2. The molecule has 15 heavy (non-hydrogen) atoms. The van der Waals surface area contributed by atoms with E-state index in [-0.39, 0.29) is 0 Å². The largest absolute Gasteiger partial charge is 0.314 e. The van der Waals surface area contributed by atoms with E-state index in [4.69, 9.17) is 0 Å². The van der Waals surface area contributed by atoms with Gasteiger partial charge in [0.1, 0.15) is 0 Å². The summed E-state index contributed by atoms with van der Waals surface area (Å²) in [6.45, 7) is 8.01. The van der Waals surface area contributed by atoms with Crippen LogP contribution in [0, 0.1) is 0 Å². The highest BCUT2D eigenvalue weighted by molar-refractivity contribution is 4.73. The van der Waals surface area contributed by atoms with Crippen LogP contribution in [0.25, 0.3) is 0 Å². The summed E-state index contributed by atoms with van der Waals surface area (Å²) in [7, 11) is 0. The van der Waals surface area contributed by atoms with Crippen LogP contribution < -0.4 is 10.6 Å². The molecule has 0 aromatic heterocycles. The van der Waals surface area contributed by atoms with Gasteiger partial charge in [0, 0.05) is 18.1 Å². The van der Waals surface area contributed by atoms with E-state index in [0.29, 0.717) is 0 Å². The van der Waals surface area contributed by atoms with Crippen LogP contribution in [0.5, 0.6) is 0 Å². The summed E-state index contributed by atoms with van der Waals surface area (Å²) in [4.78, 5) is 0. The summed E-state index contributed by atoms with van der Waals surface area (Å²) in [5.41, 5.74) is 0. The first kappa shape index (κ1) is 13.0. The van der Waals surface area contributed by atoms with Gasteiger partial charge in [0.15, 0.2) is 0 Å². The van der Waals surface area contributed by atoms with Gasteiger partial charge in [-0.15, -0.1) is 0 Å². The first-order chi connectivity index (χ1) is 7.18. The highest BCUT2D eigenvalue weighted by Crippen LogP contribution is 2.10. The van der Waals surface area contributed by atoms with Crippen molar-refractivity contribution in [2.75, 3.05) is 6.54 Å². The Labute approximate surface area is 95.2 Å². The topological polar surface area (TPSA) is 24.1 Å². The molecular formula is C13H28N2. The summed E-state index contributed by atoms with van der Waals surface area (Å²) in [6.07, 6.45) is 8.32. The first-order valence-electron chi connectivity index (χ1n) is 6.68. The van der Waals surface area contributed by atoms with Gasteiger partial charge in [-0.25, -0.2) is 0 Å². The van der Waals surface area contributed by atoms with Crippen LogP contribution in [0.4, 0.5) is 0 Å². The molecule has 2 aliphatic heterocycles. The predicted molar refractivity (Wildman–Crippen MR) is 67.2 cm³/mol. The fourth-order valence-corrected chi connectivity index (χ4v) is 2.41. The Bertz CT molecular complexity index is 145. The molecule has 2 heterocycles. The van der Waals surface area contributed by atoms with Gasteiger partial charge < -0.3 is 10.6 Å². The molecule has 0 aromatic carbocycles. The van der Waals surface area contributed by atoms with Crippen LogP contribution in [0.1, 0.15) is 59.3 Å². The average molecular weight is 212 g/mol. The standard InChI is InChI=1S/C7H15N.C6H13N/c1-6-4-3-5-7(2)8-6;1-6-4-2-3-5-7-6/h6-8H,3-5H2,1-2H3;6-7H,2-5H2,1H3. The third-order valence-electron chi connectivity index (χ3n) is 3.40. The van der Waals surface area contributed by atoms with Crippen LogP contribution in [0.3, 0.4) is 0 Å². The number of rotatable bonds is 0. The van der Waals surface area contributed by atoms with Crippen molar-refractivity contribution in [1.82, 2.24) is 10.6 Å². The molecule has 0 bridgehead atoms. The minimum Gasteiger partial charge on any atom is -0.314 e. The summed E-state index contributed by atoms with van der Waals surface area (Å²) >= 11 is 0. The lowest BCUT2D eigenvalue weighted by Gasteiger charge is -2.25. The molecule has 2 saturated heterocycles. The summed E-state index contributed by atoms with van der Waals surface area (Å²) in [6, 6.07) is 2.31. The number of hydrogen-bond acceptors (Lipinski definition) is 2. The highest BCUT2D eigenvalue weighted by Gasteiger charge is 2.12. The van der Waals surface area contributed by atoms with Crippen LogP contribution in [0.15, 0.2) is 0 Å². The Kier molecular flexibility index (Phi) is 6.26. The molecule has 0 saturated carbocycles. The summed E-state index contributed by atoms with van der Waals surface area (Å²) in [5.74, 6) is 0. The van der Waals surface area contributed by atoms with E-state index in [0.717, 1.165) is 18.1 Å². The molecule has 90 valence electrons. The van der Waals surface area contributed by atoms with Gasteiger partial charge in [-0.05, 0) is 53.0 Å². The molecule has 0 aromatic rings. The Morgan fingerprint density at radius 2 is 1.33 bits per heavy atom. The van der Waals surface area contributed by atoms with E-state index in [1.807, 2.05) is 0 Å². The van der Waals surface area contributed by atoms with Crippen molar-refractivity contribution in [2.45, 2.75) is 77.4 Å². The van der Waals surface area contributed by atoms with Gasteiger partial charge in [-0.1, -0.05) is 12.8 Å². The monoisotopic (exact) mass is 212 g/mol. The van der Waals surface area contributed by atoms with Crippen LogP contribution in [0.2, 0.25) is 0 Å². The van der Waals surface area contributed by atoms with Gasteiger partial charge in [-0.3, -0.25) is 0 Å². The van der Waals surface area contributed by atoms with Gasteiger partial charge in [0.25, 0.3) is 0 Å². The maximum absolute atomic E-state index is 3.48. The third kappa shape index (κ3) is 6.16. The molecular weight excluding hydrogens is 184 g/mol. The summed E-state index contributed by atoms with van der Waals surface area (Å²) in [5, 5.41) is 6.86. The smallest absolute Gasteiger partial charge is 0.00412 e. The van der Waals surface area contributed by atoms with Crippen molar-refractivity contribution in [1.29, 1.82) is 0 Å². The maximum Gasteiger partial charge on any atom is 0.00412 e. The quantitative estimate of drug-likeness (QED) is 0.645. The average Bonchev–Trinajstić information content (AvgIpc) is 2.19. The van der Waals surface area contributed by atoms with Crippen molar-refractivity contribution in [2.24, 2.45) is 0 Å². The van der Waals surface area contributed by atoms with Crippen molar-refractivity contribution in [3.05, 3.63) is 0 Å². The second-order valence-electron chi connectivity index (χ2n) is 5.25. The summed E-state index contributed by atoms with van der Waals surface area (Å²) < 4.78 is 0. The molecule has 2 nitrogen and oxygen atoms in total. The molecule has 0 spiro atoms. The van der Waals surface area contributed by atoms with E-state index >= 15 is 0 Å². The molecule has 2 aliphatic rings. The molecule has 3 unspecified atom stereocenters. The molecule has 0 aliphatic carbocycles. The third-order valence-corrected chi connectivity index (χ3v) is 3.40.